The number of rotatable bonds is 3. The Balaban J connectivity index is 1.82. The minimum absolute atomic E-state index is 0.0509. The van der Waals surface area contributed by atoms with Gasteiger partial charge in [-0.3, -0.25) is 4.79 Å². The van der Waals surface area contributed by atoms with E-state index in [1.165, 1.54) is 19.2 Å². The molecule has 0 bridgehead atoms. The van der Waals surface area contributed by atoms with Crippen LogP contribution in [0.1, 0.15) is 22.0 Å². The van der Waals surface area contributed by atoms with Crippen molar-refractivity contribution in [2.45, 2.75) is 6.10 Å². The fourth-order valence-electron chi connectivity index (χ4n) is 2.80. The number of hydrogen-bond acceptors (Lipinski definition) is 3. The maximum Gasteiger partial charge on any atom is 0.257 e. The van der Waals surface area contributed by atoms with E-state index in [4.69, 9.17) is 32.7 Å². The molecule has 0 spiro atoms. The maximum absolute atomic E-state index is 13.9. The van der Waals surface area contributed by atoms with Crippen molar-refractivity contribution in [3.8, 4) is 5.75 Å². The molecule has 4 nitrogen and oxygen atoms in total. The van der Waals surface area contributed by atoms with Crippen LogP contribution >= 0.6 is 23.2 Å². The summed E-state index contributed by atoms with van der Waals surface area (Å²) in [4.78, 5) is 14.4. The summed E-state index contributed by atoms with van der Waals surface area (Å²) in [5, 5.41) is 0.886. The lowest BCUT2D eigenvalue weighted by atomic mass is 10.1. The largest absolute Gasteiger partial charge is 0.493 e. The van der Waals surface area contributed by atoms with Gasteiger partial charge in [-0.05, 0) is 29.8 Å². The van der Waals surface area contributed by atoms with Crippen molar-refractivity contribution in [1.29, 1.82) is 0 Å². The standard InChI is InChI=1S/C18H16Cl2FNO3/c1-24-17-12(3-2-4-15(17)21)18(23)22-7-8-25-16(10-22)11-5-6-13(19)14(20)9-11/h2-6,9,16H,7-8,10H2,1H3/t16-/m1/s1. The third kappa shape index (κ3) is 3.73. The molecule has 0 N–H and O–H groups in total. The van der Waals surface area contributed by atoms with Crippen molar-refractivity contribution in [2.24, 2.45) is 0 Å². The molecule has 3 rings (SSSR count). The molecule has 0 saturated carbocycles. The minimum atomic E-state index is -0.567. The zero-order valence-electron chi connectivity index (χ0n) is 13.5. The van der Waals surface area contributed by atoms with Gasteiger partial charge in [-0.25, -0.2) is 4.39 Å². The second-order valence-corrected chi connectivity index (χ2v) is 6.42. The van der Waals surface area contributed by atoms with Gasteiger partial charge < -0.3 is 14.4 Å². The van der Waals surface area contributed by atoms with Gasteiger partial charge in [0.25, 0.3) is 5.91 Å². The molecule has 1 aliphatic heterocycles. The number of benzene rings is 2. The molecule has 1 saturated heterocycles. The smallest absolute Gasteiger partial charge is 0.257 e. The lowest BCUT2D eigenvalue weighted by Crippen LogP contribution is -2.42. The average Bonchev–Trinajstić information content (AvgIpc) is 2.63. The first-order valence-corrected chi connectivity index (χ1v) is 8.45. The summed E-state index contributed by atoms with van der Waals surface area (Å²) in [6, 6.07) is 9.53. The highest BCUT2D eigenvalue weighted by Crippen LogP contribution is 2.30. The third-order valence-corrected chi connectivity index (χ3v) is 4.81. The molecule has 1 atom stereocenters. The Kier molecular flexibility index (Phi) is 5.47. The molecule has 0 aromatic heterocycles. The normalized spacial score (nSPS) is 17.4. The van der Waals surface area contributed by atoms with Gasteiger partial charge in [0.05, 0.1) is 35.9 Å². The molecule has 1 heterocycles. The third-order valence-electron chi connectivity index (χ3n) is 4.07. The van der Waals surface area contributed by atoms with Gasteiger partial charge in [-0.1, -0.05) is 35.3 Å². The summed E-state index contributed by atoms with van der Waals surface area (Å²) in [6.07, 6.45) is -0.327. The summed E-state index contributed by atoms with van der Waals surface area (Å²) in [6.45, 7) is 1.11. The number of carbonyl (C=O) groups is 1. The molecular formula is C18H16Cl2FNO3. The molecule has 2 aromatic carbocycles. The Hall–Kier alpha value is -1.82. The molecule has 1 fully saturated rings. The number of hydrogen-bond donors (Lipinski definition) is 0. The number of nitrogens with zero attached hydrogens (tertiary/aromatic N) is 1. The van der Waals surface area contributed by atoms with E-state index in [9.17, 15) is 9.18 Å². The molecule has 132 valence electrons. The van der Waals surface area contributed by atoms with E-state index in [-0.39, 0.29) is 23.3 Å². The van der Waals surface area contributed by atoms with E-state index >= 15 is 0 Å². The van der Waals surface area contributed by atoms with Crippen LogP contribution in [0.25, 0.3) is 0 Å². The molecule has 25 heavy (non-hydrogen) atoms. The van der Waals surface area contributed by atoms with Crippen LogP contribution in [0.4, 0.5) is 4.39 Å². The van der Waals surface area contributed by atoms with Crippen molar-refractivity contribution >= 4 is 29.1 Å². The van der Waals surface area contributed by atoms with Gasteiger partial charge in [-0.15, -0.1) is 0 Å². The highest BCUT2D eigenvalue weighted by atomic mass is 35.5. The highest BCUT2D eigenvalue weighted by Gasteiger charge is 2.28. The van der Waals surface area contributed by atoms with Crippen molar-refractivity contribution in [1.82, 2.24) is 4.90 Å². The summed E-state index contributed by atoms with van der Waals surface area (Å²) in [5.41, 5.74) is 1.02. The number of halogens is 3. The van der Waals surface area contributed by atoms with Crippen LogP contribution in [0, 0.1) is 5.82 Å². The van der Waals surface area contributed by atoms with Crippen LogP contribution < -0.4 is 4.74 Å². The molecule has 1 amide bonds. The molecular weight excluding hydrogens is 368 g/mol. The van der Waals surface area contributed by atoms with Crippen molar-refractivity contribution in [2.75, 3.05) is 26.8 Å². The Bertz CT molecular complexity index is 800. The van der Waals surface area contributed by atoms with Gasteiger partial charge in [0.2, 0.25) is 0 Å². The quantitative estimate of drug-likeness (QED) is 0.790. The molecule has 0 aliphatic carbocycles. The van der Waals surface area contributed by atoms with E-state index in [2.05, 4.69) is 0 Å². The average molecular weight is 384 g/mol. The predicted molar refractivity (Wildman–Crippen MR) is 94.0 cm³/mol. The summed E-state index contributed by atoms with van der Waals surface area (Å²) >= 11 is 12.0. The van der Waals surface area contributed by atoms with Crippen LogP contribution in [0.2, 0.25) is 10.0 Å². The van der Waals surface area contributed by atoms with Crippen molar-refractivity contribution in [3.63, 3.8) is 0 Å². The lowest BCUT2D eigenvalue weighted by molar-refractivity contribution is -0.0229. The predicted octanol–water partition coefficient (Wildman–Crippen LogP) is 4.35. The fraction of sp³-hybridized carbons (Fsp3) is 0.278. The number of amides is 1. The first-order chi connectivity index (χ1) is 12.0. The van der Waals surface area contributed by atoms with Gasteiger partial charge in [-0.2, -0.15) is 0 Å². The second kappa shape index (κ2) is 7.60. The number of methoxy groups -OCH3 is 1. The Labute approximate surface area is 155 Å². The van der Waals surface area contributed by atoms with E-state index < -0.39 is 5.82 Å². The summed E-state index contributed by atoms with van der Waals surface area (Å²) in [7, 11) is 1.34. The van der Waals surface area contributed by atoms with E-state index in [0.29, 0.717) is 29.7 Å². The van der Waals surface area contributed by atoms with Crippen LogP contribution in [0.5, 0.6) is 5.75 Å². The summed E-state index contributed by atoms with van der Waals surface area (Å²) in [5.74, 6) is -0.919. The van der Waals surface area contributed by atoms with Gasteiger partial charge >= 0.3 is 0 Å². The number of para-hydroxylation sites is 1. The van der Waals surface area contributed by atoms with Crippen LogP contribution in [0.3, 0.4) is 0 Å². The van der Waals surface area contributed by atoms with Crippen LogP contribution in [-0.4, -0.2) is 37.6 Å². The first-order valence-electron chi connectivity index (χ1n) is 7.69. The zero-order valence-corrected chi connectivity index (χ0v) is 15.0. The summed E-state index contributed by atoms with van der Waals surface area (Å²) < 4.78 is 24.7. The molecule has 7 heteroatoms. The number of ether oxygens (including phenoxy) is 2. The van der Waals surface area contributed by atoms with Crippen LogP contribution in [-0.2, 0) is 4.74 Å². The monoisotopic (exact) mass is 383 g/mol. The maximum atomic E-state index is 13.9. The highest BCUT2D eigenvalue weighted by molar-refractivity contribution is 6.42. The Morgan fingerprint density at radius 3 is 2.80 bits per heavy atom. The molecule has 0 unspecified atom stereocenters. The molecule has 0 radical (unpaired) electrons. The van der Waals surface area contributed by atoms with Gasteiger partial charge in [0.1, 0.15) is 6.10 Å². The van der Waals surface area contributed by atoms with E-state index in [1.54, 1.807) is 23.1 Å². The Morgan fingerprint density at radius 2 is 2.08 bits per heavy atom. The van der Waals surface area contributed by atoms with Crippen molar-refractivity contribution < 1.29 is 18.7 Å². The van der Waals surface area contributed by atoms with Gasteiger partial charge in [0, 0.05) is 6.54 Å². The minimum Gasteiger partial charge on any atom is -0.493 e. The molecule has 1 aliphatic rings. The fourth-order valence-corrected chi connectivity index (χ4v) is 3.11. The lowest BCUT2D eigenvalue weighted by Gasteiger charge is -2.33. The SMILES string of the molecule is COc1c(F)cccc1C(=O)N1CCO[C@@H](c2ccc(Cl)c(Cl)c2)C1. The first kappa shape index (κ1) is 18.0. The number of carbonyl (C=O) groups excluding carboxylic acids is 1. The number of morpholine rings is 1. The van der Waals surface area contributed by atoms with Crippen LogP contribution in [0.15, 0.2) is 36.4 Å². The van der Waals surface area contributed by atoms with Gasteiger partial charge in [0.15, 0.2) is 11.6 Å². The second-order valence-electron chi connectivity index (χ2n) is 5.60. The zero-order chi connectivity index (χ0) is 18.0. The Morgan fingerprint density at radius 1 is 1.28 bits per heavy atom. The topological polar surface area (TPSA) is 38.8 Å². The van der Waals surface area contributed by atoms with E-state index in [0.717, 1.165) is 5.56 Å². The van der Waals surface area contributed by atoms with Crippen molar-refractivity contribution in [3.05, 3.63) is 63.4 Å². The van der Waals surface area contributed by atoms with E-state index in [1.807, 2.05) is 6.07 Å². The molecule has 2 aromatic rings.